The van der Waals surface area contributed by atoms with Gasteiger partial charge in [-0.15, -0.1) is 27.6 Å². The number of fused-ring (bicyclic) bond motifs is 3. The molecule has 0 aliphatic rings. The van der Waals surface area contributed by atoms with Crippen LogP contribution in [0, 0.1) is 0 Å². The summed E-state index contributed by atoms with van der Waals surface area (Å²) in [6.07, 6.45) is 0. The Bertz CT molecular complexity index is 756. The number of hydrogen-bond acceptors (Lipinski definition) is 3. The van der Waals surface area contributed by atoms with Crippen LogP contribution in [0.25, 0.3) is 21.5 Å². The van der Waals surface area contributed by atoms with Crippen LogP contribution in [0.3, 0.4) is 0 Å². The molecule has 0 spiro atoms. The first-order chi connectivity index (χ1) is 9.26. The fourth-order valence-corrected chi connectivity index (χ4v) is 2.45. The van der Waals surface area contributed by atoms with E-state index in [0.717, 1.165) is 33.4 Å². The molecular formula is C16H15Cl2O3Zr. The van der Waals surface area contributed by atoms with E-state index in [1.54, 1.807) is 21.3 Å². The van der Waals surface area contributed by atoms with Crippen molar-refractivity contribution in [3.05, 3.63) is 36.4 Å². The zero-order valence-corrected chi connectivity index (χ0v) is 16.4. The van der Waals surface area contributed by atoms with Crippen molar-refractivity contribution in [2.75, 3.05) is 21.3 Å². The Hall–Kier alpha value is -0.827. The van der Waals surface area contributed by atoms with E-state index in [-0.39, 0.29) is 51.0 Å². The van der Waals surface area contributed by atoms with Crippen molar-refractivity contribution in [1.29, 1.82) is 0 Å². The first-order valence-corrected chi connectivity index (χ1v) is 6.06. The van der Waals surface area contributed by atoms with Crippen LogP contribution in [0.15, 0.2) is 36.4 Å². The number of halogens is 2. The average molecular weight is 417 g/mol. The molecule has 0 aliphatic heterocycles. The second-order valence-corrected chi connectivity index (χ2v) is 4.39. The normalized spacial score (nSPS) is 9.41. The van der Waals surface area contributed by atoms with Crippen LogP contribution in [-0.2, 0) is 26.2 Å². The number of ether oxygens (including phenoxy) is 3. The molecule has 0 bridgehead atoms. The second-order valence-electron chi connectivity index (χ2n) is 4.39. The third-order valence-electron chi connectivity index (χ3n) is 3.42. The Morgan fingerprint density at radius 3 is 1.91 bits per heavy atom. The number of hydrogen-bond donors (Lipinski definition) is 0. The summed E-state index contributed by atoms with van der Waals surface area (Å²) < 4.78 is 16.0. The standard InChI is InChI=1S/C16H15O3.2ClH.Zr/c1-17-12-4-5-13-10(7-12)6-11-8-15(18-2)16(19-3)9-14(11)13;;;/h4-9H,1-3H3;2*1H;/q-1;;;+3/p-2. The smallest absolute Gasteiger partial charge is 1.00 e. The Labute approximate surface area is 161 Å². The van der Waals surface area contributed by atoms with Gasteiger partial charge < -0.3 is 39.0 Å². The molecule has 3 nitrogen and oxygen atoms in total. The quantitative estimate of drug-likeness (QED) is 0.451. The van der Waals surface area contributed by atoms with Crippen LogP contribution < -0.4 is 39.0 Å². The van der Waals surface area contributed by atoms with Crippen molar-refractivity contribution in [1.82, 2.24) is 0 Å². The van der Waals surface area contributed by atoms with Gasteiger partial charge in [0.1, 0.15) is 11.5 Å². The maximum Gasteiger partial charge on any atom is 3.00 e. The van der Waals surface area contributed by atoms with E-state index in [4.69, 9.17) is 14.2 Å². The molecule has 0 atom stereocenters. The van der Waals surface area contributed by atoms with Crippen molar-refractivity contribution in [3.63, 3.8) is 0 Å². The van der Waals surface area contributed by atoms with Crippen molar-refractivity contribution in [2.45, 2.75) is 0 Å². The zero-order valence-electron chi connectivity index (χ0n) is 12.4. The number of rotatable bonds is 3. The third kappa shape index (κ3) is 3.56. The van der Waals surface area contributed by atoms with Gasteiger partial charge in [-0.25, -0.2) is 0 Å². The summed E-state index contributed by atoms with van der Waals surface area (Å²) in [6.45, 7) is 0. The summed E-state index contributed by atoms with van der Waals surface area (Å²) in [5.74, 6) is 2.36. The van der Waals surface area contributed by atoms with Gasteiger partial charge in [-0.3, -0.25) is 0 Å². The summed E-state index contributed by atoms with van der Waals surface area (Å²) in [5, 5.41) is 4.65. The minimum absolute atomic E-state index is 0. The average Bonchev–Trinajstić information content (AvgIpc) is 2.81. The van der Waals surface area contributed by atoms with Crippen molar-refractivity contribution >= 4 is 21.5 Å². The van der Waals surface area contributed by atoms with Crippen molar-refractivity contribution in [3.8, 4) is 17.2 Å². The van der Waals surface area contributed by atoms with Crippen LogP contribution in [0.5, 0.6) is 17.2 Å². The van der Waals surface area contributed by atoms with Crippen molar-refractivity contribution in [2.24, 2.45) is 0 Å². The second kappa shape index (κ2) is 8.71. The molecule has 0 heterocycles. The number of methoxy groups -OCH3 is 3. The Morgan fingerprint density at radius 2 is 1.32 bits per heavy atom. The fourth-order valence-electron chi connectivity index (χ4n) is 2.45. The van der Waals surface area contributed by atoms with Gasteiger partial charge in [-0.1, -0.05) is 18.2 Å². The topological polar surface area (TPSA) is 27.7 Å². The fraction of sp³-hybridized carbons (Fsp3) is 0.188. The van der Waals surface area contributed by atoms with E-state index in [1.807, 2.05) is 24.3 Å². The molecule has 0 amide bonds. The van der Waals surface area contributed by atoms with Gasteiger partial charge in [0.2, 0.25) is 0 Å². The molecule has 22 heavy (non-hydrogen) atoms. The first kappa shape index (κ1) is 21.2. The summed E-state index contributed by atoms with van der Waals surface area (Å²) >= 11 is 0. The van der Waals surface area contributed by atoms with E-state index in [9.17, 15) is 0 Å². The van der Waals surface area contributed by atoms with E-state index in [0.29, 0.717) is 0 Å². The van der Waals surface area contributed by atoms with Crippen LogP contribution in [0.2, 0.25) is 0 Å². The third-order valence-corrected chi connectivity index (χ3v) is 3.42. The summed E-state index contributed by atoms with van der Waals surface area (Å²) in [5.41, 5.74) is 0. The van der Waals surface area contributed by atoms with Gasteiger partial charge in [-0.05, 0) is 12.1 Å². The van der Waals surface area contributed by atoms with Gasteiger partial charge in [0.25, 0.3) is 0 Å². The van der Waals surface area contributed by atoms with Crippen LogP contribution in [-0.4, -0.2) is 21.3 Å². The Morgan fingerprint density at radius 1 is 0.727 bits per heavy atom. The molecule has 0 fully saturated rings. The SMILES string of the molecule is COc1ccc2c(c1)[cH-]c1cc(OC)c(OC)cc12.[Cl-].[Cl-].[Zr+3]. The van der Waals surface area contributed by atoms with E-state index in [2.05, 4.69) is 12.1 Å². The van der Waals surface area contributed by atoms with Crippen LogP contribution in [0.4, 0.5) is 0 Å². The van der Waals surface area contributed by atoms with Crippen molar-refractivity contribution < 1.29 is 65.2 Å². The molecule has 0 aromatic heterocycles. The van der Waals surface area contributed by atoms with E-state index < -0.39 is 0 Å². The molecule has 0 saturated carbocycles. The van der Waals surface area contributed by atoms with E-state index >= 15 is 0 Å². The van der Waals surface area contributed by atoms with Gasteiger partial charge in [0.15, 0.2) is 0 Å². The maximum atomic E-state index is 5.36. The number of benzene rings is 2. The van der Waals surface area contributed by atoms with Gasteiger partial charge >= 0.3 is 26.2 Å². The summed E-state index contributed by atoms with van der Waals surface area (Å²) in [4.78, 5) is 0. The molecule has 0 N–H and O–H groups in total. The van der Waals surface area contributed by atoms with Gasteiger partial charge in [-0.2, -0.15) is 0 Å². The Kier molecular flexibility index (Phi) is 8.39. The van der Waals surface area contributed by atoms with E-state index in [1.165, 1.54) is 5.39 Å². The minimum Gasteiger partial charge on any atom is -1.00 e. The summed E-state index contributed by atoms with van der Waals surface area (Å²) in [6, 6.07) is 12.2. The minimum atomic E-state index is 0. The molecule has 0 unspecified atom stereocenters. The van der Waals surface area contributed by atoms with Gasteiger partial charge in [0, 0.05) is 0 Å². The predicted molar refractivity (Wildman–Crippen MR) is 76.7 cm³/mol. The maximum absolute atomic E-state index is 5.36. The molecule has 0 aliphatic carbocycles. The molecule has 0 saturated heterocycles. The molecule has 3 aromatic rings. The molecule has 1 radical (unpaired) electrons. The summed E-state index contributed by atoms with van der Waals surface area (Å²) in [7, 11) is 4.98. The molecule has 3 aromatic carbocycles. The van der Waals surface area contributed by atoms with Crippen LogP contribution >= 0.6 is 0 Å². The zero-order chi connectivity index (χ0) is 13.4. The van der Waals surface area contributed by atoms with Gasteiger partial charge in [0.05, 0.1) is 27.1 Å². The van der Waals surface area contributed by atoms with Crippen LogP contribution in [0.1, 0.15) is 0 Å². The predicted octanol–water partition coefficient (Wildman–Crippen LogP) is -2.26. The molecular weight excluding hydrogens is 402 g/mol. The first-order valence-electron chi connectivity index (χ1n) is 6.06. The molecule has 115 valence electrons. The molecule has 6 heteroatoms. The monoisotopic (exact) mass is 415 g/mol. The Balaban J connectivity index is 0.00000147. The largest absolute Gasteiger partial charge is 3.00 e. The molecule has 3 rings (SSSR count).